The fourth-order valence-electron chi connectivity index (χ4n) is 2.90. The number of aryl methyl sites for hydroxylation is 2. The van der Waals surface area contributed by atoms with Crippen LogP contribution in [0.15, 0.2) is 47.3 Å². The van der Waals surface area contributed by atoms with Gasteiger partial charge >= 0.3 is 0 Å². The molecule has 3 rings (SSSR count). The number of nitrogens with one attached hydrogen (secondary N) is 2. The summed E-state index contributed by atoms with van der Waals surface area (Å²) in [6.45, 7) is 3.85. The zero-order valence-electron chi connectivity index (χ0n) is 14.5. The minimum atomic E-state index is -3.58. The first-order chi connectivity index (χ1) is 12.2. The Morgan fingerprint density at radius 2 is 1.77 bits per heavy atom. The van der Waals surface area contributed by atoms with Crippen molar-refractivity contribution in [2.75, 3.05) is 0 Å². The van der Waals surface area contributed by atoms with Crippen molar-refractivity contribution in [3.8, 4) is 0 Å². The first-order valence-corrected chi connectivity index (χ1v) is 10.1. The van der Waals surface area contributed by atoms with Crippen molar-refractivity contribution in [2.24, 2.45) is 0 Å². The second-order valence-corrected chi connectivity index (χ2v) is 8.62. The van der Waals surface area contributed by atoms with Crippen LogP contribution in [0.25, 0.3) is 10.9 Å². The molecule has 0 saturated heterocycles. The van der Waals surface area contributed by atoms with Crippen LogP contribution in [0.2, 0.25) is 5.02 Å². The Labute approximate surface area is 157 Å². The molecule has 136 valence electrons. The number of hydrogen-bond donors (Lipinski definition) is 2. The summed E-state index contributed by atoms with van der Waals surface area (Å²) >= 11 is 5.81. The van der Waals surface area contributed by atoms with Crippen LogP contribution in [0.3, 0.4) is 0 Å². The van der Waals surface area contributed by atoms with Crippen LogP contribution in [-0.4, -0.2) is 13.4 Å². The topological polar surface area (TPSA) is 79.0 Å². The average molecular weight is 391 g/mol. The molecule has 0 aliphatic rings. The van der Waals surface area contributed by atoms with E-state index in [-0.39, 0.29) is 17.9 Å². The fraction of sp³-hybridized carbons (Fsp3) is 0.211. The second kappa shape index (κ2) is 7.23. The average Bonchev–Trinajstić information content (AvgIpc) is 2.56. The Morgan fingerprint density at radius 3 is 2.46 bits per heavy atom. The van der Waals surface area contributed by atoms with E-state index in [4.69, 9.17) is 11.6 Å². The molecule has 2 N–H and O–H groups in total. The highest BCUT2D eigenvalue weighted by Crippen LogP contribution is 2.18. The molecule has 0 radical (unpaired) electrons. The Balaban J connectivity index is 1.81. The molecule has 1 aromatic heterocycles. The molecule has 0 aliphatic heterocycles. The van der Waals surface area contributed by atoms with Gasteiger partial charge in [-0.25, -0.2) is 13.1 Å². The highest BCUT2D eigenvalue weighted by atomic mass is 35.5. The molecule has 2 aromatic carbocycles. The molecular formula is C19H19ClN2O3S. The smallest absolute Gasteiger partial charge is 0.252 e. The van der Waals surface area contributed by atoms with Gasteiger partial charge in [0, 0.05) is 17.1 Å². The predicted molar refractivity (Wildman–Crippen MR) is 105 cm³/mol. The molecule has 0 aliphatic carbocycles. The minimum absolute atomic E-state index is 0.0613. The summed E-state index contributed by atoms with van der Waals surface area (Å²) in [5.74, 6) is -0.173. The van der Waals surface area contributed by atoms with Crippen LogP contribution in [0.5, 0.6) is 0 Å². The lowest BCUT2D eigenvalue weighted by molar-refractivity contribution is 0.580. The number of sulfonamides is 1. The van der Waals surface area contributed by atoms with Gasteiger partial charge in [0.1, 0.15) is 0 Å². The Kier molecular flexibility index (Phi) is 5.18. The van der Waals surface area contributed by atoms with Crippen molar-refractivity contribution in [2.45, 2.75) is 26.1 Å². The number of pyridine rings is 1. The lowest BCUT2D eigenvalue weighted by Crippen LogP contribution is -2.28. The van der Waals surface area contributed by atoms with E-state index in [9.17, 15) is 13.2 Å². The van der Waals surface area contributed by atoms with Gasteiger partial charge in [0.2, 0.25) is 10.0 Å². The van der Waals surface area contributed by atoms with Gasteiger partial charge in [-0.05, 0) is 54.6 Å². The van der Waals surface area contributed by atoms with E-state index in [1.54, 1.807) is 30.3 Å². The fourth-order valence-corrected chi connectivity index (χ4v) is 4.14. The van der Waals surface area contributed by atoms with Crippen molar-refractivity contribution in [1.29, 1.82) is 0 Å². The molecule has 1 heterocycles. The highest BCUT2D eigenvalue weighted by Gasteiger charge is 2.13. The summed E-state index contributed by atoms with van der Waals surface area (Å²) in [6.07, 6.45) is 0. The van der Waals surface area contributed by atoms with Gasteiger partial charge in [0.15, 0.2) is 0 Å². The summed E-state index contributed by atoms with van der Waals surface area (Å²) in [7, 11) is -3.58. The molecule has 0 fully saturated rings. The molecule has 5 nitrogen and oxygen atoms in total. The maximum Gasteiger partial charge on any atom is 0.252 e. The molecule has 26 heavy (non-hydrogen) atoms. The third kappa shape index (κ3) is 4.33. The van der Waals surface area contributed by atoms with Crippen LogP contribution in [0.4, 0.5) is 0 Å². The third-order valence-corrected chi connectivity index (χ3v) is 5.67. The van der Waals surface area contributed by atoms with Gasteiger partial charge < -0.3 is 4.98 Å². The monoisotopic (exact) mass is 390 g/mol. The predicted octanol–water partition coefficient (Wildman–Crippen LogP) is 3.42. The van der Waals surface area contributed by atoms with E-state index in [0.29, 0.717) is 16.1 Å². The van der Waals surface area contributed by atoms with Gasteiger partial charge in [-0.15, -0.1) is 0 Å². The number of H-pyrrole nitrogens is 1. The van der Waals surface area contributed by atoms with Crippen LogP contribution in [0.1, 0.15) is 22.3 Å². The molecule has 3 aromatic rings. The van der Waals surface area contributed by atoms with Crippen LogP contribution >= 0.6 is 11.6 Å². The van der Waals surface area contributed by atoms with Crippen LogP contribution in [0, 0.1) is 13.8 Å². The van der Waals surface area contributed by atoms with E-state index in [1.165, 1.54) is 0 Å². The molecule has 7 heteroatoms. The molecule has 0 unspecified atom stereocenters. The Morgan fingerprint density at radius 1 is 1.08 bits per heavy atom. The lowest BCUT2D eigenvalue weighted by Gasteiger charge is -2.09. The molecule has 0 amide bonds. The van der Waals surface area contributed by atoms with Crippen molar-refractivity contribution in [3.05, 3.63) is 80.1 Å². The Bertz CT molecular complexity index is 1120. The number of rotatable bonds is 5. The first kappa shape index (κ1) is 18.6. The lowest BCUT2D eigenvalue weighted by atomic mass is 10.1. The van der Waals surface area contributed by atoms with Crippen molar-refractivity contribution < 1.29 is 8.42 Å². The molecule has 0 saturated carbocycles. The van der Waals surface area contributed by atoms with Gasteiger partial charge in [-0.2, -0.15) is 0 Å². The molecule has 0 atom stereocenters. The van der Waals surface area contributed by atoms with E-state index >= 15 is 0 Å². The standard InChI is InChI=1S/C19H19ClN2O3S/c1-12-7-13(2)18-15(8-12)9-16(19(23)22-18)10-21-26(24,25)11-14-3-5-17(20)6-4-14/h3-9,21H,10-11H2,1-2H3,(H,22,23). The normalized spacial score (nSPS) is 11.8. The molecule has 0 bridgehead atoms. The second-order valence-electron chi connectivity index (χ2n) is 6.38. The van der Waals surface area contributed by atoms with E-state index in [1.807, 2.05) is 26.0 Å². The number of aromatic nitrogens is 1. The van der Waals surface area contributed by atoms with Crippen LogP contribution < -0.4 is 10.3 Å². The summed E-state index contributed by atoms with van der Waals surface area (Å²) in [4.78, 5) is 15.1. The van der Waals surface area contributed by atoms with Crippen molar-refractivity contribution >= 4 is 32.5 Å². The van der Waals surface area contributed by atoms with Gasteiger partial charge in [-0.1, -0.05) is 35.4 Å². The number of benzene rings is 2. The minimum Gasteiger partial charge on any atom is -0.321 e. The highest BCUT2D eigenvalue weighted by molar-refractivity contribution is 7.88. The van der Waals surface area contributed by atoms with E-state index < -0.39 is 10.0 Å². The van der Waals surface area contributed by atoms with Gasteiger partial charge in [-0.3, -0.25) is 4.79 Å². The van der Waals surface area contributed by atoms with Gasteiger partial charge in [0.25, 0.3) is 5.56 Å². The van der Waals surface area contributed by atoms with Gasteiger partial charge in [0.05, 0.1) is 11.3 Å². The summed E-state index contributed by atoms with van der Waals surface area (Å²) < 4.78 is 27.1. The maximum atomic E-state index is 12.3. The van der Waals surface area contributed by atoms with E-state index in [0.717, 1.165) is 22.0 Å². The SMILES string of the molecule is Cc1cc(C)c2[nH]c(=O)c(CNS(=O)(=O)Cc3ccc(Cl)cc3)cc2c1. The van der Waals surface area contributed by atoms with E-state index in [2.05, 4.69) is 9.71 Å². The Hall–Kier alpha value is -2.15. The zero-order chi connectivity index (χ0) is 18.9. The number of hydrogen-bond acceptors (Lipinski definition) is 3. The third-order valence-electron chi connectivity index (χ3n) is 4.12. The van der Waals surface area contributed by atoms with Crippen molar-refractivity contribution in [3.63, 3.8) is 0 Å². The summed E-state index contributed by atoms with van der Waals surface area (Å²) in [6, 6.07) is 12.3. The molecular weight excluding hydrogens is 372 g/mol. The maximum absolute atomic E-state index is 12.3. The van der Waals surface area contributed by atoms with Crippen LogP contribution in [-0.2, 0) is 22.3 Å². The quantitative estimate of drug-likeness (QED) is 0.700. The number of fused-ring (bicyclic) bond motifs is 1. The summed E-state index contributed by atoms with van der Waals surface area (Å²) in [5.41, 5.74) is 3.54. The zero-order valence-corrected chi connectivity index (χ0v) is 16.0. The largest absolute Gasteiger partial charge is 0.321 e. The first-order valence-electron chi connectivity index (χ1n) is 8.08. The van der Waals surface area contributed by atoms with Crippen molar-refractivity contribution in [1.82, 2.24) is 9.71 Å². The number of halogens is 1. The molecule has 0 spiro atoms. The number of aromatic amines is 1. The summed E-state index contributed by atoms with van der Waals surface area (Å²) in [5, 5.41) is 1.43.